The number of thiazole rings is 1. The van der Waals surface area contributed by atoms with Crippen molar-refractivity contribution in [2.45, 2.75) is 69.5 Å². The Morgan fingerprint density at radius 3 is 2.27 bits per heavy atom. The number of rotatable bonds is 6. The monoisotopic (exact) mass is 513 g/mol. The van der Waals surface area contributed by atoms with Gasteiger partial charge in [-0.15, -0.1) is 15.7 Å². The van der Waals surface area contributed by atoms with Gasteiger partial charge in [-0.1, -0.05) is 33.9 Å². The van der Waals surface area contributed by atoms with E-state index in [0.717, 1.165) is 11.3 Å². The Labute approximate surface area is 199 Å². The number of hydrogen-bond donors (Lipinski definition) is 4. The summed E-state index contributed by atoms with van der Waals surface area (Å²) in [6.45, 7) is 14.7. The van der Waals surface area contributed by atoms with E-state index in [1.165, 1.54) is 25.4 Å². The molecule has 33 heavy (non-hydrogen) atoms. The van der Waals surface area contributed by atoms with Gasteiger partial charge in [0.1, 0.15) is 23.1 Å². The number of urea groups is 1. The highest BCUT2D eigenvalue weighted by molar-refractivity contribution is 7.95. The third-order valence-electron chi connectivity index (χ3n) is 5.41. The number of carboxylic acid groups (broad SMARTS) is 1. The molecular weight excluding hydrogens is 482 g/mol. The Kier molecular flexibility index (Phi) is 7.56. The van der Waals surface area contributed by atoms with Crippen LogP contribution in [0.4, 0.5) is 10.5 Å². The standard InChI is InChI=1S/C20H31N5O5S2Si/c1-12-13(9-10-21-15(12)16(26)27)23-18(28)24-32(30,25-33(7,8)19(2,3)4)14-11-22-17(31-14)20(5,6)29/h9-11,29H,1-8H3,(H,26,27)(H2,21,23,24,25,28,30). The molecule has 0 aliphatic carbocycles. The fourth-order valence-corrected chi connectivity index (χ4v) is 9.40. The smallest absolute Gasteiger partial charge is 0.354 e. The number of nitrogens with zero attached hydrogens (tertiary/aromatic N) is 3. The summed E-state index contributed by atoms with van der Waals surface area (Å²) in [6.07, 6.45) is 2.62. The molecule has 0 saturated carbocycles. The molecule has 2 aromatic rings. The molecule has 182 valence electrons. The number of carbonyl (C=O) groups excluding carboxylic acids is 1. The van der Waals surface area contributed by atoms with Crippen molar-refractivity contribution in [1.82, 2.24) is 14.4 Å². The third-order valence-corrected chi connectivity index (χ3v) is 15.4. The number of anilines is 1. The number of carboxylic acids is 1. The number of amides is 2. The number of aromatic carboxylic acids is 1. The van der Waals surface area contributed by atoms with E-state index in [2.05, 4.69) is 24.0 Å². The molecule has 2 heterocycles. The average Bonchev–Trinajstić information content (AvgIpc) is 3.13. The molecule has 0 aliphatic rings. The van der Waals surface area contributed by atoms with E-state index in [-0.39, 0.29) is 26.2 Å². The second-order valence-corrected chi connectivity index (χ2v) is 18.2. The number of aliphatic hydroxyl groups is 1. The molecule has 4 N–H and O–H groups in total. The molecule has 0 bridgehead atoms. The van der Waals surface area contributed by atoms with Gasteiger partial charge in [-0.3, -0.25) is 0 Å². The minimum Gasteiger partial charge on any atom is -0.477 e. The average molecular weight is 514 g/mol. The molecule has 0 fully saturated rings. The molecule has 2 rings (SSSR count). The lowest BCUT2D eigenvalue weighted by molar-refractivity contribution is 0.0689. The second-order valence-electron chi connectivity index (χ2n) is 9.71. The molecule has 0 aliphatic heterocycles. The number of nitrogens with one attached hydrogen (secondary N) is 2. The van der Waals surface area contributed by atoms with E-state index in [1.807, 2.05) is 33.9 Å². The van der Waals surface area contributed by atoms with Crippen LogP contribution >= 0.6 is 11.3 Å². The zero-order valence-corrected chi connectivity index (χ0v) is 22.6. The van der Waals surface area contributed by atoms with Gasteiger partial charge < -0.3 is 15.5 Å². The molecule has 0 aromatic carbocycles. The summed E-state index contributed by atoms with van der Waals surface area (Å²) < 4.78 is 21.5. The molecule has 0 saturated heterocycles. The van der Waals surface area contributed by atoms with Crippen molar-refractivity contribution in [3.63, 3.8) is 0 Å². The Hall–Kier alpha value is -2.19. The van der Waals surface area contributed by atoms with Gasteiger partial charge in [0.2, 0.25) is 0 Å². The quantitative estimate of drug-likeness (QED) is 0.419. The van der Waals surface area contributed by atoms with E-state index in [1.54, 1.807) is 13.8 Å². The summed E-state index contributed by atoms with van der Waals surface area (Å²) >= 11 is 1.02. The molecule has 0 spiro atoms. The van der Waals surface area contributed by atoms with E-state index in [4.69, 9.17) is 0 Å². The van der Waals surface area contributed by atoms with Crippen molar-refractivity contribution >= 4 is 47.2 Å². The minimum atomic E-state index is -3.47. The predicted octanol–water partition coefficient (Wildman–Crippen LogP) is 4.34. The summed E-state index contributed by atoms with van der Waals surface area (Å²) in [5.74, 6) is -1.23. The summed E-state index contributed by atoms with van der Waals surface area (Å²) in [6, 6.07) is 0.534. The van der Waals surface area contributed by atoms with Crippen LogP contribution in [0.1, 0.15) is 55.7 Å². The number of hydrogen-bond acceptors (Lipinski definition) is 7. The van der Waals surface area contributed by atoms with Crippen molar-refractivity contribution in [3.8, 4) is 0 Å². The summed E-state index contributed by atoms with van der Waals surface area (Å²) in [7, 11) is -5.89. The van der Waals surface area contributed by atoms with Gasteiger partial charge in [-0.05, 0) is 31.9 Å². The van der Waals surface area contributed by atoms with Crippen LogP contribution < -0.4 is 9.70 Å². The maximum atomic E-state index is 14.1. The van der Waals surface area contributed by atoms with Gasteiger partial charge in [0.15, 0.2) is 15.6 Å². The number of carbonyl (C=O) groups is 2. The van der Waals surface area contributed by atoms with Gasteiger partial charge in [0, 0.05) is 17.4 Å². The molecule has 10 nitrogen and oxygen atoms in total. The maximum absolute atomic E-state index is 14.1. The molecule has 0 radical (unpaired) electrons. The minimum absolute atomic E-state index is 0.201. The largest absolute Gasteiger partial charge is 0.477 e. The van der Waals surface area contributed by atoms with Gasteiger partial charge in [0.05, 0.1) is 6.20 Å². The van der Waals surface area contributed by atoms with Crippen LogP contribution in [0.25, 0.3) is 0 Å². The normalized spacial score (nSPS) is 14.5. The maximum Gasteiger partial charge on any atom is 0.354 e. The predicted molar refractivity (Wildman–Crippen MR) is 131 cm³/mol. The van der Waals surface area contributed by atoms with Crippen LogP contribution in [0.3, 0.4) is 0 Å². The summed E-state index contributed by atoms with van der Waals surface area (Å²) in [4.78, 5) is 32.2. The molecule has 13 heteroatoms. The highest BCUT2D eigenvalue weighted by atomic mass is 32.2. The topological polar surface area (TPSA) is 154 Å². The van der Waals surface area contributed by atoms with Gasteiger partial charge in [0.25, 0.3) is 0 Å². The molecular formula is C20H31N5O5S2Si. The fraction of sp³-hybridized carbons (Fsp3) is 0.500. The van der Waals surface area contributed by atoms with E-state index < -0.39 is 35.8 Å². The SMILES string of the molecule is Cc1c(NC(=O)N=S(=O)(N[Si](C)(C)C(C)(C)C)c2cnc(C(C)(C)O)s2)ccnc1C(=O)O. The van der Waals surface area contributed by atoms with Crippen molar-refractivity contribution in [1.29, 1.82) is 0 Å². The lowest BCUT2D eigenvalue weighted by atomic mass is 10.2. The van der Waals surface area contributed by atoms with Gasteiger partial charge in [-0.2, -0.15) is 0 Å². The first-order valence-electron chi connectivity index (χ1n) is 10.1. The first kappa shape index (κ1) is 27.1. The Morgan fingerprint density at radius 2 is 1.79 bits per heavy atom. The van der Waals surface area contributed by atoms with Crippen LogP contribution in [0.2, 0.25) is 18.1 Å². The van der Waals surface area contributed by atoms with E-state index in [0.29, 0.717) is 5.01 Å². The van der Waals surface area contributed by atoms with Crippen molar-refractivity contribution < 1.29 is 24.0 Å². The Bertz CT molecular complexity index is 1190. The first-order valence-corrected chi connectivity index (χ1v) is 15.5. The number of pyridine rings is 1. The zero-order chi connectivity index (χ0) is 25.4. The van der Waals surface area contributed by atoms with Crippen molar-refractivity contribution in [3.05, 3.63) is 34.7 Å². The number of aromatic nitrogens is 2. The fourth-order valence-electron chi connectivity index (χ4n) is 2.43. The van der Waals surface area contributed by atoms with Crippen LogP contribution in [0, 0.1) is 6.92 Å². The third kappa shape index (κ3) is 6.23. The Morgan fingerprint density at radius 1 is 1.18 bits per heavy atom. The first-order chi connectivity index (χ1) is 14.9. The van der Waals surface area contributed by atoms with Gasteiger partial charge >= 0.3 is 12.0 Å². The van der Waals surface area contributed by atoms with Crippen LogP contribution in [-0.4, -0.2) is 44.6 Å². The molecule has 2 amide bonds. The molecule has 2 aromatic heterocycles. The van der Waals surface area contributed by atoms with Crippen molar-refractivity contribution in [2.24, 2.45) is 4.36 Å². The summed E-state index contributed by atoms with van der Waals surface area (Å²) in [5.41, 5.74) is -0.999. The lowest BCUT2D eigenvalue weighted by Crippen LogP contribution is -2.54. The van der Waals surface area contributed by atoms with E-state index >= 15 is 0 Å². The van der Waals surface area contributed by atoms with E-state index in [9.17, 15) is 24.0 Å². The van der Waals surface area contributed by atoms with Crippen molar-refractivity contribution in [2.75, 3.05) is 5.32 Å². The highest BCUT2D eigenvalue weighted by Gasteiger charge is 2.40. The summed E-state index contributed by atoms with van der Waals surface area (Å²) in [5, 5.41) is 22.2. The van der Waals surface area contributed by atoms with Crippen LogP contribution in [0.5, 0.6) is 0 Å². The molecule has 1 unspecified atom stereocenters. The van der Waals surface area contributed by atoms with Crippen LogP contribution in [-0.2, 0) is 15.5 Å². The lowest BCUT2D eigenvalue weighted by Gasteiger charge is -2.37. The Balaban J connectivity index is 2.57. The van der Waals surface area contributed by atoms with Gasteiger partial charge in [-0.25, -0.2) is 28.2 Å². The molecule has 1 atom stereocenters. The zero-order valence-electron chi connectivity index (χ0n) is 20.0. The van der Waals surface area contributed by atoms with Crippen LogP contribution in [0.15, 0.2) is 27.0 Å². The second kappa shape index (κ2) is 9.22. The highest BCUT2D eigenvalue weighted by Crippen LogP contribution is 2.36.